The summed E-state index contributed by atoms with van der Waals surface area (Å²) in [6, 6.07) is 7.88. The van der Waals surface area contributed by atoms with E-state index in [4.69, 9.17) is 11.6 Å². The number of H-pyrrole nitrogens is 1. The Bertz CT molecular complexity index is 894. The van der Waals surface area contributed by atoms with Crippen LogP contribution in [0, 0.1) is 0 Å². The Morgan fingerprint density at radius 2 is 2.05 bits per heavy atom. The fourth-order valence-electron chi connectivity index (χ4n) is 2.28. The van der Waals surface area contributed by atoms with E-state index in [9.17, 15) is 0 Å². The Balaban J connectivity index is 2.09. The van der Waals surface area contributed by atoms with E-state index in [1.807, 2.05) is 36.7 Å². The minimum absolute atomic E-state index is 0.520. The lowest BCUT2D eigenvalue weighted by atomic mass is 10.1. The van der Waals surface area contributed by atoms with Crippen molar-refractivity contribution in [2.24, 2.45) is 0 Å². The van der Waals surface area contributed by atoms with Gasteiger partial charge in [-0.1, -0.05) is 11.6 Å². The molecule has 0 unspecified atom stereocenters. The van der Waals surface area contributed by atoms with Crippen molar-refractivity contribution in [3.63, 3.8) is 0 Å². The lowest BCUT2D eigenvalue weighted by molar-refractivity contribution is 1.33. The third-order valence-electron chi connectivity index (χ3n) is 3.13. The van der Waals surface area contributed by atoms with Crippen LogP contribution in [0.25, 0.3) is 32.4 Å². The van der Waals surface area contributed by atoms with Crippen molar-refractivity contribution < 1.29 is 0 Å². The summed E-state index contributed by atoms with van der Waals surface area (Å²) in [5.41, 5.74) is 4.08. The van der Waals surface area contributed by atoms with E-state index in [0.717, 1.165) is 32.4 Å². The van der Waals surface area contributed by atoms with E-state index in [1.165, 1.54) is 0 Å². The summed E-state index contributed by atoms with van der Waals surface area (Å²) in [6.07, 6.45) is 3.71. The van der Waals surface area contributed by atoms with Crippen molar-refractivity contribution in [1.82, 2.24) is 15.0 Å². The molecule has 3 nitrogen and oxygen atoms in total. The molecule has 0 amide bonds. The van der Waals surface area contributed by atoms with Crippen LogP contribution in [0.3, 0.4) is 0 Å². The van der Waals surface area contributed by atoms with Gasteiger partial charge in [0.25, 0.3) is 0 Å². The van der Waals surface area contributed by atoms with Crippen LogP contribution >= 0.6 is 22.9 Å². The average molecular weight is 286 g/mol. The second kappa shape index (κ2) is 4.05. The maximum absolute atomic E-state index is 6.01. The van der Waals surface area contributed by atoms with E-state index in [1.54, 1.807) is 11.3 Å². The van der Waals surface area contributed by atoms with Gasteiger partial charge in [-0.3, -0.25) is 0 Å². The van der Waals surface area contributed by atoms with E-state index in [0.29, 0.717) is 5.15 Å². The van der Waals surface area contributed by atoms with Crippen LogP contribution < -0.4 is 0 Å². The number of nitrogens with one attached hydrogen (secondary N) is 1. The van der Waals surface area contributed by atoms with Gasteiger partial charge in [0.15, 0.2) is 0 Å². The molecule has 0 aromatic carbocycles. The zero-order valence-corrected chi connectivity index (χ0v) is 11.3. The monoisotopic (exact) mass is 285 g/mol. The number of fused-ring (bicyclic) bond motifs is 2. The Hall–Kier alpha value is -1.91. The van der Waals surface area contributed by atoms with Gasteiger partial charge >= 0.3 is 0 Å². The van der Waals surface area contributed by atoms with Gasteiger partial charge < -0.3 is 4.98 Å². The molecule has 0 aliphatic heterocycles. The van der Waals surface area contributed by atoms with Crippen molar-refractivity contribution in [3.8, 4) is 11.1 Å². The fourth-order valence-corrected chi connectivity index (χ4v) is 3.32. The number of thiophene rings is 1. The second-order valence-corrected chi connectivity index (χ2v) is 5.53. The molecule has 0 aliphatic rings. The highest BCUT2D eigenvalue weighted by atomic mass is 35.5. The molecule has 5 heteroatoms. The topological polar surface area (TPSA) is 41.6 Å². The highest BCUT2D eigenvalue weighted by Gasteiger charge is 2.12. The number of aromatic nitrogens is 3. The molecule has 19 heavy (non-hydrogen) atoms. The Kier molecular flexibility index (Phi) is 2.33. The largest absolute Gasteiger partial charge is 0.346 e. The molecule has 0 radical (unpaired) electrons. The van der Waals surface area contributed by atoms with Gasteiger partial charge in [-0.25, -0.2) is 9.97 Å². The number of pyridine rings is 2. The average Bonchev–Trinajstić information content (AvgIpc) is 3.03. The van der Waals surface area contributed by atoms with E-state index in [-0.39, 0.29) is 0 Å². The lowest BCUT2D eigenvalue weighted by Crippen LogP contribution is -1.83. The molecule has 0 bridgehead atoms. The third-order valence-corrected chi connectivity index (χ3v) is 4.28. The van der Waals surface area contributed by atoms with Gasteiger partial charge in [-0.15, -0.1) is 11.3 Å². The molecule has 0 atom stereocenters. The zero-order chi connectivity index (χ0) is 12.8. The van der Waals surface area contributed by atoms with Gasteiger partial charge in [0.05, 0.1) is 10.2 Å². The molecular formula is C14H8ClN3S. The van der Waals surface area contributed by atoms with Gasteiger partial charge in [-0.2, -0.15) is 0 Å². The lowest BCUT2D eigenvalue weighted by Gasteiger charge is -2.01. The number of aromatic amines is 1. The Labute approximate surface area is 117 Å². The number of rotatable bonds is 1. The van der Waals surface area contributed by atoms with E-state index < -0.39 is 0 Å². The second-order valence-electron chi connectivity index (χ2n) is 4.23. The van der Waals surface area contributed by atoms with Gasteiger partial charge in [0, 0.05) is 28.7 Å². The molecule has 4 heterocycles. The zero-order valence-electron chi connectivity index (χ0n) is 9.72. The maximum Gasteiger partial charge on any atom is 0.137 e. The molecule has 92 valence electrons. The molecule has 4 rings (SSSR count). The van der Waals surface area contributed by atoms with Crippen molar-refractivity contribution in [2.45, 2.75) is 0 Å². The first kappa shape index (κ1) is 11.0. The van der Waals surface area contributed by atoms with Crippen molar-refractivity contribution in [2.75, 3.05) is 0 Å². The van der Waals surface area contributed by atoms with E-state index in [2.05, 4.69) is 20.3 Å². The van der Waals surface area contributed by atoms with Gasteiger partial charge in [0.1, 0.15) is 10.8 Å². The first-order valence-corrected chi connectivity index (χ1v) is 7.05. The summed E-state index contributed by atoms with van der Waals surface area (Å²) in [5, 5.41) is 3.74. The van der Waals surface area contributed by atoms with E-state index >= 15 is 0 Å². The minimum Gasteiger partial charge on any atom is -0.346 e. The molecule has 0 aliphatic carbocycles. The maximum atomic E-state index is 6.01. The summed E-state index contributed by atoms with van der Waals surface area (Å²) >= 11 is 7.68. The predicted molar refractivity (Wildman–Crippen MR) is 79.7 cm³/mol. The van der Waals surface area contributed by atoms with Gasteiger partial charge in [-0.05, 0) is 29.8 Å². The highest BCUT2D eigenvalue weighted by molar-refractivity contribution is 7.17. The molecular weight excluding hydrogens is 278 g/mol. The smallest absolute Gasteiger partial charge is 0.137 e. The first-order valence-electron chi connectivity index (χ1n) is 5.79. The summed E-state index contributed by atoms with van der Waals surface area (Å²) in [6.45, 7) is 0. The van der Waals surface area contributed by atoms with Crippen LogP contribution in [0.1, 0.15) is 0 Å². The van der Waals surface area contributed by atoms with Gasteiger partial charge in [0.2, 0.25) is 0 Å². The summed E-state index contributed by atoms with van der Waals surface area (Å²) in [5.74, 6) is 0. The third kappa shape index (κ3) is 1.64. The highest BCUT2D eigenvalue weighted by Crippen LogP contribution is 2.36. The number of nitrogens with zero attached hydrogens (tertiary/aromatic N) is 2. The molecule has 4 aromatic heterocycles. The summed E-state index contributed by atoms with van der Waals surface area (Å²) < 4.78 is 1.14. The van der Waals surface area contributed by atoms with Crippen LogP contribution in [-0.2, 0) is 0 Å². The molecule has 0 saturated carbocycles. The summed E-state index contributed by atoms with van der Waals surface area (Å²) in [4.78, 5) is 11.9. The van der Waals surface area contributed by atoms with Crippen LogP contribution in [0.4, 0.5) is 0 Å². The first-order chi connectivity index (χ1) is 9.33. The van der Waals surface area contributed by atoms with Crippen LogP contribution in [0.5, 0.6) is 0 Å². The number of halogens is 1. The van der Waals surface area contributed by atoms with Crippen LogP contribution in [0.15, 0.2) is 42.0 Å². The Morgan fingerprint density at radius 3 is 3.00 bits per heavy atom. The molecule has 0 fully saturated rings. The predicted octanol–water partition coefficient (Wildman–Crippen LogP) is 4.49. The SMILES string of the molecule is Clc1ccc2scc(-c3ccnc4[nH]ccc34)c2n1. The number of hydrogen-bond donors (Lipinski definition) is 1. The van der Waals surface area contributed by atoms with Crippen molar-refractivity contribution >= 4 is 44.2 Å². The number of hydrogen-bond acceptors (Lipinski definition) is 3. The van der Waals surface area contributed by atoms with Crippen LogP contribution in [-0.4, -0.2) is 15.0 Å². The minimum atomic E-state index is 0.520. The standard InChI is InChI=1S/C14H8ClN3S/c15-12-2-1-11-13(18-12)10(7-19-11)8-3-5-16-14-9(8)4-6-17-14/h1-7H,(H,16,17). The molecule has 0 saturated heterocycles. The van der Waals surface area contributed by atoms with Crippen LogP contribution in [0.2, 0.25) is 5.15 Å². The molecule has 4 aromatic rings. The molecule has 1 N–H and O–H groups in total. The fraction of sp³-hybridized carbons (Fsp3) is 0. The van der Waals surface area contributed by atoms with Crippen molar-refractivity contribution in [3.05, 3.63) is 47.2 Å². The normalized spacial score (nSPS) is 11.4. The quantitative estimate of drug-likeness (QED) is 0.523. The Morgan fingerprint density at radius 1 is 1.11 bits per heavy atom. The van der Waals surface area contributed by atoms with Crippen molar-refractivity contribution in [1.29, 1.82) is 0 Å². The molecule has 0 spiro atoms. The summed E-state index contributed by atoms with van der Waals surface area (Å²) in [7, 11) is 0.